The van der Waals surface area contributed by atoms with E-state index < -0.39 is 0 Å². The van der Waals surface area contributed by atoms with Crippen LogP contribution in [0.15, 0.2) is 29.2 Å². The normalized spacial score (nSPS) is 17.8. The molecule has 23 heavy (non-hydrogen) atoms. The molecule has 0 aliphatic carbocycles. The Balaban J connectivity index is 1.61. The number of carbonyl (C=O) groups is 1. The Hall–Kier alpha value is -2.19. The summed E-state index contributed by atoms with van der Waals surface area (Å²) < 4.78 is 5.75. The first kappa shape index (κ1) is 15.7. The smallest absolute Gasteiger partial charge is 0.322 e. The lowest BCUT2D eigenvalue weighted by molar-refractivity contribution is -0.0132. The molecule has 1 N–H and O–H groups in total. The van der Waals surface area contributed by atoms with E-state index in [1.54, 1.807) is 33.5 Å². The zero-order chi connectivity index (χ0) is 16.2. The van der Waals surface area contributed by atoms with E-state index in [1.165, 1.54) is 0 Å². The van der Waals surface area contributed by atoms with Crippen molar-refractivity contribution >= 4 is 29.0 Å². The summed E-state index contributed by atoms with van der Waals surface area (Å²) in [5, 5.41) is 6.90. The van der Waals surface area contributed by atoms with Crippen molar-refractivity contribution in [3.8, 4) is 0 Å². The van der Waals surface area contributed by atoms with Gasteiger partial charge in [-0.25, -0.2) is 14.8 Å². The number of ether oxygens (including phenoxy) is 1. The van der Waals surface area contributed by atoms with Gasteiger partial charge in [0.25, 0.3) is 0 Å². The molecule has 3 heterocycles. The molecule has 3 rings (SSSR count). The van der Waals surface area contributed by atoms with Crippen LogP contribution < -0.4 is 10.2 Å². The summed E-state index contributed by atoms with van der Waals surface area (Å²) in [5.41, 5.74) is 1.70. The number of carbonyl (C=O) groups excluding carboxylic acids is 1. The molecule has 1 fully saturated rings. The van der Waals surface area contributed by atoms with Gasteiger partial charge in [0.15, 0.2) is 0 Å². The quantitative estimate of drug-likeness (QED) is 0.932. The molecular weight excluding hydrogens is 314 g/mol. The third-order valence-corrected chi connectivity index (χ3v) is 4.26. The van der Waals surface area contributed by atoms with Crippen LogP contribution in [-0.2, 0) is 4.74 Å². The average Bonchev–Trinajstić information content (AvgIpc) is 3.10. The monoisotopic (exact) mass is 333 g/mol. The predicted octanol–water partition coefficient (Wildman–Crippen LogP) is 2.21. The van der Waals surface area contributed by atoms with Gasteiger partial charge in [-0.2, -0.15) is 11.3 Å². The van der Waals surface area contributed by atoms with E-state index in [0.717, 1.165) is 5.56 Å². The van der Waals surface area contributed by atoms with Crippen molar-refractivity contribution in [2.45, 2.75) is 6.10 Å². The number of thiophene rings is 1. The summed E-state index contributed by atoms with van der Waals surface area (Å²) in [5.74, 6) is 0.604. The van der Waals surface area contributed by atoms with Crippen molar-refractivity contribution in [2.24, 2.45) is 0 Å². The van der Waals surface area contributed by atoms with Crippen LogP contribution in [0, 0.1) is 0 Å². The molecule has 0 radical (unpaired) electrons. The van der Waals surface area contributed by atoms with Crippen LogP contribution >= 0.6 is 11.3 Å². The van der Waals surface area contributed by atoms with Gasteiger partial charge in [-0.05, 0) is 22.4 Å². The first-order chi connectivity index (χ1) is 11.1. The van der Waals surface area contributed by atoms with Crippen molar-refractivity contribution in [1.82, 2.24) is 14.9 Å². The maximum atomic E-state index is 12.4. The van der Waals surface area contributed by atoms with Crippen molar-refractivity contribution in [3.63, 3.8) is 0 Å². The lowest BCUT2D eigenvalue weighted by Gasteiger charge is -2.32. The van der Waals surface area contributed by atoms with Crippen molar-refractivity contribution in [1.29, 1.82) is 0 Å². The van der Waals surface area contributed by atoms with E-state index >= 15 is 0 Å². The maximum absolute atomic E-state index is 12.4. The summed E-state index contributed by atoms with van der Waals surface area (Å²) in [7, 11) is 3.73. The standard InChI is InChI=1S/C15H19N5O2S/c1-19(2)14-16-7-12(8-17-14)18-15(21)20-4-5-22-13(9-20)11-3-6-23-10-11/h3,6-8,10,13H,4-5,9H2,1-2H3,(H,18,21)/t13-/m0/s1. The molecule has 1 aliphatic heterocycles. The van der Waals surface area contributed by atoms with E-state index in [0.29, 0.717) is 31.3 Å². The summed E-state index contributed by atoms with van der Waals surface area (Å²) in [6.45, 7) is 1.65. The predicted molar refractivity (Wildman–Crippen MR) is 90.0 cm³/mol. The highest BCUT2D eigenvalue weighted by atomic mass is 32.1. The zero-order valence-electron chi connectivity index (χ0n) is 13.1. The summed E-state index contributed by atoms with van der Waals surface area (Å²) in [4.78, 5) is 24.3. The lowest BCUT2D eigenvalue weighted by Crippen LogP contribution is -2.44. The molecule has 0 aromatic carbocycles. The fourth-order valence-corrected chi connectivity index (χ4v) is 3.01. The fraction of sp³-hybridized carbons (Fsp3) is 0.400. The number of urea groups is 1. The van der Waals surface area contributed by atoms with E-state index in [2.05, 4.69) is 20.7 Å². The Labute approximate surface area is 138 Å². The second-order valence-corrected chi connectivity index (χ2v) is 6.24. The summed E-state index contributed by atoms with van der Waals surface area (Å²) >= 11 is 1.63. The topological polar surface area (TPSA) is 70.6 Å². The molecule has 2 amide bonds. The molecule has 0 spiro atoms. The van der Waals surface area contributed by atoms with E-state index in [-0.39, 0.29) is 12.1 Å². The summed E-state index contributed by atoms with van der Waals surface area (Å²) in [6.07, 6.45) is 3.15. The Morgan fingerprint density at radius 2 is 2.22 bits per heavy atom. The van der Waals surface area contributed by atoms with Gasteiger partial charge >= 0.3 is 6.03 Å². The van der Waals surface area contributed by atoms with Crippen LogP contribution in [0.1, 0.15) is 11.7 Å². The highest BCUT2D eigenvalue weighted by Gasteiger charge is 2.25. The molecule has 8 heteroatoms. The van der Waals surface area contributed by atoms with Crippen LogP contribution in [0.3, 0.4) is 0 Å². The van der Waals surface area contributed by atoms with E-state index in [4.69, 9.17) is 4.74 Å². The molecule has 122 valence electrons. The number of rotatable bonds is 3. The zero-order valence-corrected chi connectivity index (χ0v) is 13.9. The highest BCUT2D eigenvalue weighted by molar-refractivity contribution is 7.07. The minimum Gasteiger partial charge on any atom is -0.370 e. The number of hydrogen-bond donors (Lipinski definition) is 1. The molecule has 1 aliphatic rings. The number of amides is 2. The minimum atomic E-state index is -0.158. The van der Waals surface area contributed by atoms with Gasteiger partial charge in [0, 0.05) is 20.6 Å². The number of aromatic nitrogens is 2. The van der Waals surface area contributed by atoms with Crippen LogP contribution in [0.4, 0.5) is 16.4 Å². The molecule has 0 saturated carbocycles. The van der Waals surface area contributed by atoms with Crippen LogP contribution in [0.2, 0.25) is 0 Å². The van der Waals surface area contributed by atoms with Crippen LogP contribution in [0.5, 0.6) is 0 Å². The van der Waals surface area contributed by atoms with Gasteiger partial charge in [-0.3, -0.25) is 0 Å². The molecule has 1 atom stereocenters. The van der Waals surface area contributed by atoms with Crippen LogP contribution in [0.25, 0.3) is 0 Å². The Morgan fingerprint density at radius 1 is 1.43 bits per heavy atom. The third kappa shape index (κ3) is 3.77. The second-order valence-electron chi connectivity index (χ2n) is 5.46. The minimum absolute atomic E-state index is 0.0619. The molecule has 2 aromatic rings. The number of nitrogens with one attached hydrogen (secondary N) is 1. The highest BCUT2D eigenvalue weighted by Crippen LogP contribution is 2.24. The first-order valence-corrected chi connectivity index (χ1v) is 8.27. The van der Waals surface area contributed by atoms with Gasteiger partial charge in [0.2, 0.25) is 5.95 Å². The fourth-order valence-electron chi connectivity index (χ4n) is 2.31. The average molecular weight is 333 g/mol. The number of nitrogens with zero attached hydrogens (tertiary/aromatic N) is 4. The maximum Gasteiger partial charge on any atom is 0.322 e. The van der Waals surface area contributed by atoms with Crippen molar-refractivity contribution in [3.05, 3.63) is 34.8 Å². The SMILES string of the molecule is CN(C)c1ncc(NC(=O)N2CCO[C@H](c3ccsc3)C2)cn1. The van der Waals surface area contributed by atoms with Crippen molar-refractivity contribution in [2.75, 3.05) is 44.0 Å². The second kappa shape index (κ2) is 6.93. The molecule has 7 nitrogen and oxygen atoms in total. The number of morpholine rings is 1. The van der Waals surface area contributed by atoms with E-state index in [9.17, 15) is 4.79 Å². The molecule has 1 saturated heterocycles. The van der Waals surface area contributed by atoms with Gasteiger partial charge in [0.1, 0.15) is 6.10 Å². The summed E-state index contributed by atoms with van der Waals surface area (Å²) in [6, 6.07) is 1.87. The first-order valence-electron chi connectivity index (χ1n) is 7.32. The van der Waals surface area contributed by atoms with Crippen LogP contribution in [-0.4, -0.2) is 54.7 Å². The molecule has 0 unspecified atom stereocenters. The number of anilines is 2. The Kier molecular flexibility index (Phi) is 4.73. The van der Waals surface area contributed by atoms with Gasteiger partial charge in [-0.15, -0.1) is 0 Å². The molecule has 2 aromatic heterocycles. The van der Waals surface area contributed by atoms with E-state index in [1.807, 2.05) is 25.5 Å². The largest absolute Gasteiger partial charge is 0.370 e. The van der Waals surface area contributed by atoms with Gasteiger partial charge < -0.3 is 19.9 Å². The third-order valence-electron chi connectivity index (χ3n) is 3.56. The lowest BCUT2D eigenvalue weighted by atomic mass is 10.1. The van der Waals surface area contributed by atoms with Gasteiger partial charge in [0.05, 0.1) is 31.2 Å². The molecule has 0 bridgehead atoms. The molecular formula is C15H19N5O2S. The van der Waals surface area contributed by atoms with Gasteiger partial charge in [-0.1, -0.05) is 0 Å². The number of hydrogen-bond acceptors (Lipinski definition) is 6. The Morgan fingerprint density at radius 3 is 2.87 bits per heavy atom. The Bertz CT molecular complexity index is 644. The van der Waals surface area contributed by atoms with Crippen molar-refractivity contribution < 1.29 is 9.53 Å².